The van der Waals surface area contributed by atoms with E-state index in [1.54, 1.807) is 0 Å². The van der Waals surface area contributed by atoms with Gasteiger partial charge >= 0.3 is 12.0 Å². The second-order valence-corrected chi connectivity index (χ2v) is 5.75. The first kappa shape index (κ1) is 15.0. The Morgan fingerprint density at radius 3 is 2.22 bits per heavy atom. The van der Waals surface area contributed by atoms with Crippen LogP contribution in [0.25, 0.3) is 0 Å². The smallest absolute Gasteiger partial charge is 0.329 e. The third-order valence-corrected chi connectivity index (χ3v) is 3.44. The van der Waals surface area contributed by atoms with Crippen LogP contribution in [0, 0.1) is 0 Å². The largest absolute Gasteiger partial charge is 0.480 e. The molecule has 102 valence electrons. The monoisotopic (exact) mass is 318 g/mol. The highest BCUT2D eigenvalue weighted by Gasteiger charge is 2.39. The van der Waals surface area contributed by atoms with Crippen LogP contribution in [-0.4, -0.2) is 29.2 Å². The van der Waals surface area contributed by atoms with Crippen molar-refractivity contribution in [3.8, 4) is 0 Å². The molecule has 0 aromatic rings. The summed E-state index contributed by atoms with van der Waals surface area (Å²) in [5, 5.41) is 14.6. The van der Waals surface area contributed by atoms with Gasteiger partial charge in [-0.15, -0.1) is 0 Å². The molecule has 0 spiro atoms. The topological polar surface area (TPSA) is 78.4 Å². The number of carbonyl (C=O) groups is 2. The van der Waals surface area contributed by atoms with Crippen molar-refractivity contribution in [1.82, 2.24) is 10.6 Å². The lowest BCUT2D eigenvalue weighted by molar-refractivity contribution is -0.145. The first-order valence-electron chi connectivity index (χ1n) is 6.09. The first-order chi connectivity index (χ1) is 8.46. The molecular weight excluding hydrogens is 300 g/mol. The summed E-state index contributed by atoms with van der Waals surface area (Å²) in [5.41, 5.74) is -1.12. The molecule has 0 bridgehead atoms. The van der Waals surface area contributed by atoms with Gasteiger partial charge in [0.15, 0.2) is 0 Å². The SMILES string of the molecule is C=C(Br)CNC(=O)NC1(C(=O)O)CCCCCC1. The number of rotatable bonds is 4. The number of amides is 2. The third-order valence-electron chi connectivity index (χ3n) is 3.16. The molecule has 0 saturated heterocycles. The highest BCUT2D eigenvalue weighted by atomic mass is 79.9. The minimum Gasteiger partial charge on any atom is -0.480 e. The Morgan fingerprint density at radius 1 is 1.22 bits per heavy atom. The van der Waals surface area contributed by atoms with Crippen molar-refractivity contribution in [2.75, 3.05) is 6.54 Å². The Morgan fingerprint density at radius 2 is 1.78 bits per heavy atom. The quantitative estimate of drug-likeness (QED) is 0.696. The van der Waals surface area contributed by atoms with Gasteiger partial charge in [-0.3, -0.25) is 0 Å². The molecule has 1 aliphatic carbocycles. The molecule has 3 N–H and O–H groups in total. The van der Waals surface area contributed by atoms with Crippen LogP contribution >= 0.6 is 15.9 Å². The van der Waals surface area contributed by atoms with E-state index in [0.717, 1.165) is 25.7 Å². The van der Waals surface area contributed by atoms with Crippen LogP contribution < -0.4 is 10.6 Å². The fraction of sp³-hybridized carbons (Fsp3) is 0.667. The summed E-state index contributed by atoms with van der Waals surface area (Å²) in [7, 11) is 0. The Bertz CT molecular complexity index is 336. The molecule has 0 atom stereocenters. The van der Waals surface area contributed by atoms with E-state index in [4.69, 9.17) is 0 Å². The zero-order valence-electron chi connectivity index (χ0n) is 10.3. The van der Waals surface area contributed by atoms with Gasteiger partial charge in [-0.05, 0) is 12.8 Å². The van der Waals surface area contributed by atoms with E-state index in [1.807, 2.05) is 0 Å². The maximum atomic E-state index is 11.7. The zero-order valence-corrected chi connectivity index (χ0v) is 11.9. The number of hydrogen-bond donors (Lipinski definition) is 3. The Kier molecular flexibility index (Phi) is 5.65. The van der Waals surface area contributed by atoms with Crippen molar-refractivity contribution in [2.45, 2.75) is 44.1 Å². The number of aliphatic carboxylic acids is 1. The molecule has 0 aromatic heterocycles. The second kappa shape index (κ2) is 6.78. The lowest BCUT2D eigenvalue weighted by Gasteiger charge is -2.29. The van der Waals surface area contributed by atoms with Gasteiger partial charge in [0.25, 0.3) is 0 Å². The molecule has 0 aromatic carbocycles. The molecule has 1 fully saturated rings. The molecule has 1 aliphatic rings. The number of nitrogens with one attached hydrogen (secondary N) is 2. The molecule has 1 saturated carbocycles. The standard InChI is InChI=1S/C12H19BrN2O3/c1-9(13)8-14-11(18)15-12(10(16)17)6-4-2-3-5-7-12/h1-8H2,(H,16,17)(H2,14,15,18). The second-order valence-electron chi connectivity index (χ2n) is 4.63. The zero-order chi connectivity index (χ0) is 13.6. The van der Waals surface area contributed by atoms with Gasteiger partial charge in [-0.1, -0.05) is 48.2 Å². The Labute approximate surface area is 115 Å². The van der Waals surface area contributed by atoms with Crippen molar-refractivity contribution in [1.29, 1.82) is 0 Å². The van der Waals surface area contributed by atoms with Crippen molar-refractivity contribution in [3.63, 3.8) is 0 Å². The van der Waals surface area contributed by atoms with Gasteiger partial charge in [-0.25, -0.2) is 9.59 Å². The summed E-state index contributed by atoms with van der Waals surface area (Å²) in [5.74, 6) is -0.947. The third kappa shape index (κ3) is 4.33. The average Bonchev–Trinajstić information content (AvgIpc) is 2.53. The van der Waals surface area contributed by atoms with Gasteiger partial charge in [0.05, 0.1) is 6.54 Å². The predicted octanol–water partition coefficient (Wildman–Crippen LogP) is 2.37. The van der Waals surface area contributed by atoms with Crippen LogP contribution in [0.1, 0.15) is 38.5 Å². The van der Waals surface area contributed by atoms with Crippen LogP contribution in [-0.2, 0) is 4.79 Å². The fourth-order valence-electron chi connectivity index (χ4n) is 2.16. The van der Waals surface area contributed by atoms with Gasteiger partial charge in [0.2, 0.25) is 0 Å². The highest BCUT2D eigenvalue weighted by Crippen LogP contribution is 2.27. The molecule has 0 aliphatic heterocycles. The van der Waals surface area contributed by atoms with Gasteiger partial charge in [-0.2, -0.15) is 0 Å². The molecular formula is C12H19BrN2O3. The van der Waals surface area contributed by atoms with E-state index in [9.17, 15) is 14.7 Å². The predicted molar refractivity (Wildman–Crippen MR) is 72.7 cm³/mol. The molecule has 0 heterocycles. The van der Waals surface area contributed by atoms with Crippen molar-refractivity contribution in [3.05, 3.63) is 11.1 Å². The summed E-state index contributed by atoms with van der Waals surface area (Å²) in [6.07, 6.45) is 4.69. The normalized spacial score (nSPS) is 18.5. The number of carbonyl (C=O) groups excluding carboxylic acids is 1. The van der Waals surface area contributed by atoms with E-state index >= 15 is 0 Å². The summed E-state index contributed by atoms with van der Waals surface area (Å²) in [6.45, 7) is 3.88. The first-order valence-corrected chi connectivity index (χ1v) is 6.88. The van der Waals surface area contributed by atoms with Crippen LogP contribution in [0.4, 0.5) is 4.79 Å². The summed E-state index contributed by atoms with van der Waals surface area (Å²) in [6, 6.07) is -0.458. The van der Waals surface area contributed by atoms with E-state index in [1.165, 1.54) is 0 Å². The summed E-state index contributed by atoms with van der Waals surface area (Å²) < 4.78 is 0.642. The Balaban J connectivity index is 2.64. The minimum atomic E-state index is -1.12. The molecule has 5 nitrogen and oxygen atoms in total. The molecule has 18 heavy (non-hydrogen) atoms. The molecule has 6 heteroatoms. The molecule has 1 rings (SSSR count). The van der Waals surface area contributed by atoms with Gasteiger partial charge < -0.3 is 15.7 Å². The van der Waals surface area contributed by atoms with E-state index in [-0.39, 0.29) is 6.54 Å². The van der Waals surface area contributed by atoms with E-state index in [2.05, 4.69) is 33.1 Å². The van der Waals surface area contributed by atoms with Crippen molar-refractivity contribution < 1.29 is 14.7 Å². The van der Waals surface area contributed by atoms with Crippen LogP contribution in [0.15, 0.2) is 11.1 Å². The number of halogens is 1. The van der Waals surface area contributed by atoms with Gasteiger partial charge in [0.1, 0.15) is 5.54 Å². The number of hydrogen-bond acceptors (Lipinski definition) is 2. The molecule has 2 amide bonds. The van der Waals surface area contributed by atoms with Crippen LogP contribution in [0.2, 0.25) is 0 Å². The van der Waals surface area contributed by atoms with Gasteiger partial charge in [0, 0.05) is 4.48 Å². The maximum absolute atomic E-state index is 11.7. The number of carboxylic acids is 1. The average molecular weight is 319 g/mol. The fourth-order valence-corrected chi connectivity index (χ4v) is 2.30. The summed E-state index contributed by atoms with van der Waals surface area (Å²) in [4.78, 5) is 23.1. The lowest BCUT2D eigenvalue weighted by atomic mass is 9.90. The van der Waals surface area contributed by atoms with Crippen molar-refractivity contribution >= 4 is 27.9 Å². The highest BCUT2D eigenvalue weighted by molar-refractivity contribution is 9.11. The van der Waals surface area contributed by atoms with Crippen LogP contribution in [0.5, 0.6) is 0 Å². The lowest BCUT2D eigenvalue weighted by Crippen LogP contribution is -2.57. The van der Waals surface area contributed by atoms with E-state index < -0.39 is 17.5 Å². The van der Waals surface area contributed by atoms with E-state index in [0.29, 0.717) is 17.3 Å². The Hall–Kier alpha value is -1.04. The van der Waals surface area contributed by atoms with Crippen LogP contribution in [0.3, 0.4) is 0 Å². The number of urea groups is 1. The van der Waals surface area contributed by atoms with Crippen molar-refractivity contribution in [2.24, 2.45) is 0 Å². The molecule has 0 unspecified atom stereocenters. The number of carboxylic acid groups (broad SMARTS) is 1. The molecule has 0 radical (unpaired) electrons. The summed E-state index contributed by atoms with van der Waals surface area (Å²) >= 11 is 3.13. The minimum absolute atomic E-state index is 0.279. The maximum Gasteiger partial charge on any atom is 0.329 e.